The van der Waals surface area contributed by atoms with Gasteiger partial charge in [-0.1, -0.05) is 6.42 Å². The van der Waals surface area contributed by atoms with Gasteiger partial charge in [-0.2, -0.15) is 0 Å². The van der Waals surface area contributed by atoms with E-state index in [1.165, 1.54) is 11.3 Å². The predicted octanol–water partition coefficient (Wildman–Crippen LogP) is 1.06. The number of carbonyl (C=O) groups excluding carboxylic acids is 1. The molecule has 0 bridgehead atoms. The molecule has 0 aromatic carbocycles. The van der Waals surface area contributed by atoms with E-state index >= 15 is 0 Å². The van der Waals surface area contributed by atoms with E-state index in [0.29, 0.717) is 19.1 Å². The largest absolute Gasteiger partial charge is 0.444 e. The number of likely N-dealkylation sites (N-methyl/N-ethyl adjacent to an activating group) is 1. The molecule has 0 saturated heterocycles. The maximum Gasteiger partial charge on any atom is 0.410 e. The Morgan fingerprint density at radius 2 is 1.95 bits per heavy atom. The summed E-state index contributed by atoms with van der Waals surface area (Å²) in [5, 5.41) is 19.3. The smallest absolute Gasteiger partial charge is 0.410 e. The summed E-state index contributed by atoms with van der Waals surface area (Å²) in [5.74, 6) is 0. The Bertz CT molecular complexity index is 326. The molecular formula is C15H30N2O4. The highest BCUT2D eigenvalue weighted by atomic mass is 16.6. The fourth-order valence-electron chi connectivity index (χ4n) is 2.36. The fraction of sp³-hybridized carbons (Fsp3) is 0.933. The van der Waals surface area contributed by atoms with Crippen molar-refractivity contribution >= 4 is 6.09 Å². The van der Waals surface area contributed by atoms with Gasteiger partial charge in [-0.3, -0.25) is 4.90 Å². The van der Waals surface area contributed by atoms with Crippen molar-refractivity contribution in [3.8, 4) is 0 Å². The van der Waals surface area contributed by atoms with Crippen LogP contribution >= 0.6 is 0 Å². The van der Waals surface area contributed by atoms with Crippen LogP contribution in [-0.4, -0.2) is 77.1 Å². The van der Waals surface area contributed by atoms with Crippen molar-refractivity contribution in [2.45, 2.75) is 57.8 Å². The Morgan fingerprint density at radius 3 is 2.38 bits per heavy atom. The zero-order valence-corrected chi connectivity index (χ0v) is 13.7. The molecule has 1 atom stereocenters. The molecule has 1 fully saturated rings. The number of aliphatic hydroxyl groups excluding tert-OH is 2. The summed E-state index contributed by atoms with van der Waals surface area (Å²) in [5.41, 5.74) is -0.537. The molecule has 0 aliphatic heterocycles. The average Bonchev–Trinajstić information content (AvgIpc) is 2.24. The van der Waals surface area contributed by atoms with E-state index < -0.39 is 17.8 Å². The van der Waals surface area contributed by atoms with Crippen molar-refractivity contribution in [1.29, 1.82) is 0 Å². The van der Waals surface area contributed by atoms with Crippen molar-refractivity contribution in [2.75, 3.05) is 33.3 Å². The minimum absolute atomic E-state index is 0.0884. The Hall–Kier alpha value is -0.850. The summed E-state index contributed by atoms with van der Waals surface area (Å²) in [7, 11) is 1.62. The molecule has 6 heteroatoms. The van der Waals surface area contributed by atoms with Gasteiger partial charge in [0.05, 0.1) is 19.3 Å². The van der Waals surface area contributed by atoms with Crippen molar-refractivity contribution in [2.24, 2.45) is 0 Å². The van der Waals surface area contributed by atoms with Crippen molar-refractivity contribution in [1.82, 2.24) is 9.80 Å². The van der Waals surface area contributed by atoms with Crippen LogP contribution in [0.5, 0.6) is 0 Å². The van der Waals surface area contributed by atoms with Gasteiger partial charge in [0.2, 0.25) is 0 Å². The van der Waals surface area contributed by atoms with Crippen LogP contribution in [0, 0.1) is 0 Å². The van der Waals surface area contributed by atoms with Crippen LogP contribution in [0.2, 0.25) is 0 Å². The number of carbonyl (C=O) groups is 1. The number of amides is 1. The SMILES string of the molecule is CN(CC(O)CN(CCO)C1CCC1)C(=O)OC(C)(C)C. The second kappa shape index (κ2) is 7.96. The molecule has 0 aromatic heterocycles. The number of ether oxygens (including phenoxy) is 1. The fourth-order valence-corrected chi connectivity index (χ4v) is 2.36. The minimum Gasteiger partial charge on any atom is -0.444 e. The Balaban J connectivity index is 2.39. The molecule has 2 N–H and O–H groups in total. The number of nitrogens with zero attached hydrogens (tertiary/aromatic N) is 2. The van der Waals surface area contributed by atoms with Crippen LogP contribution < -0.4 is 0 Å². The molecule has 21 heavy (non-hydrogen) atoms. The van der Waals surface area contributed by atoms with Crippen molar-refractivity contribution < 1.29 is 19.7 Å². The standard InChI is InChI=1S/C15H30N2O4/c1-15(2,3)21-14(20)16(4)10-13(19)11-17(8-9-18)12-6-5-7-12/h12-13,18-19H,5-11H2,1-4H3. The Kier molecular flexibility index (Phi) is 6.90. The normalized spacial score (nSPS) is 17.5. The molecule has 124 valence electrons. The van der Waals surface area contributed by atoms with Gasteiger partial charge in [0.1, 0.15) is 5.60 Å². The van der Waals surface area contributed by atoms with Crippen LogP contribution in [0.25, 0.3) is 0 Å². The summed E-state index contributed by atoms with van der Waals surface area (Å²) in [4.78, 5) is 15.4. The molecule has 1 amide bonds. The van der Waals surface area contributed by atoms with Gasteiger partial charge >= 0.3 is 6.09 Å². The van der Waals surface area contributed by atoms with E-state index in [4.69, 9.17) is 9.84 Å². The van der Waals surface area contributed by atoms with Crippen LogP contribution in [0.4, 0.5) is 4.79 Å². The third kappa shape index (κ3) is 6.63. The second-order valence-electron chi connectivity index (χ2n) is 6.82. The lowest BCUT2D eigenvalue weighted by atomic mass is 9.91. The lowest BCUT2D eigenvalue weighted by Crippen LogP contribution is -2.48. The summed E-state index contributed by atoms with van der Waals surface area (Å²) >= 11 is 0. The van der Waals surface area contributed by atoms with Gasteiger partial charge in [0.15, 0.2) is 0 Å². The highest BCUT2D eigenvalue weighted by molar-refractivity contribution is 5.67. The van der Waals surface area contributed by atoms with E-state index in [1.54, 1.807) is 7.05 Å². The highest BCUT2D eigenvalue weighted by Crippen LogP contribution is 2.24. The predicted molar refractivity (Wildman–Crippen MR) is 81.2 cm³/mol. The van der Waals surface area contributed by atoms with E-state index in [9.17, 15) is 9.90 Å². The third-order valence-corrected chi connectivity index (χ3v) is 3.61. The number of hydrogen-bond acceptors (Lipinski definition) is 5. The molecule has 1 aliphatic carbocycles. The van der Waals surface area contributed by atoms with Gasteiger partial charge in [-0.15, -0.1) is 0 Å². The van der Waals surface area contributed by atoms with E-state index in [1.807, 2.05) is 20.8 Å². The highest BCUT2D eigenvalue weighted by Gasteiger charge is 2.27. The first kappa shape index (κ1) is 18.2. The van der Waals surface area contributed by atoms with E-state index in [0.717, 1.165) is 12.8 Å². The number of aliphatic hydroxyl groups is 2. The zero-order chi connectivity index (χ0) is 16.0. The summed E-state index contributed by atoms with van der Waals surface area (Å²) in [6, 6.07) is 0.457. The van der Waals surface area contributed by atoms with Crippen LogP contribution in [-0.2, 0) is 4.74 Å². The van der Waals surface area contributed by atoms with Crippen LogP contribution in [0.15, 0.2) is 0 Å². The second-order valence-corrected chi connectivity index (χ2v) is 6.82. The maximum atomic E-state index is 11.8. The molecule has 0 heterocycles. The Morgan fingerprint density at radius 1 is 1.33 bits per heavy atom. The molecular weight excluding hydrogens is 272 g/mol. The van der Waals surface area contributed by atoms with Gasteiger partial charge in [0.25, 0.3) is 0 Å². The average molecular weight is 302 g/mol. The van der Waals surface area contributed by atoms with Crippen LogP contribution in [0.1, 0.15) is 40.0 Å². The molecule has 1 rings (SSSR count). The summed E-state index contributed by atoms with van der Waals surface area (Å²) in [6.45, 7) is 6.79. The maximum absolute atomic E-state index is 11.8. The zero-order valence-electron chi connectivity index (χ0n) is 13.7. The number of hydrogen-bond donors (Lipinski definition) is 2. The third-order valence-electron chi connectivity index (χ3n) is 3.61. The van der Waals surface area contributed by atoms with Crippen LogP contribution in [0.3, 0.4) is 0 Å². The monoisotopic (exact) mass is 302 g/mol. The van der Waals surface area contributed by atoms with E-state index in [-0.39, 0.29) is 13.2 Å². The van der Waals surface area contributed by atoms with Gasteiger partial charge in [0, 0.05) is 26.2 Å². The summed E-state index contributed by atoms with van der Waals surface area (Å²) < 4.78 is 5.25. The topological polar surface area (TPSA) is 73.2 Å². The Labute approximate surface area is 127 Å². The summed E-state index contributed by atoms with van der Waals surface area (Å²) in [6.07, 6.45) is 2.37. The molecule has 6 nitrogen and oxygen atoms in total. The molecule has 0 radical (unpaired) electrons. The van der Waals surface area contributed by atoms with Gasteiger partial charge in [-0.25, -0.2) is 4.79 Å². The lowest BCUT2D eigenvalue weighted by Gasteiger charge is -2.38. The number of rotatable bonds is 7. The van der Waals surface area contributed by atoms with E-state index in [2.05, 4.69) is 4.90 Å². The molecule has 1 aliphatic rings. The van der Waals surface area contributed by atoms with Crippen molar-refractivity contribution in [3.63, 3.8) is 0 Å². The first-order valence-electron chi connectivity index (χ1n) is 7.70. The molecule has 0 spiro atoms. The molecule has 0 aromatic rings. The lowest BCUT2D eigenvalue weighted by molar-refractivity contribution is 0.00791. The first-order chi connectivity index (χ1) is 9.73. The molecule has 1 unspecified atom stereocenters. The van der Waals surface area contributed by atoms with Gasteiger partial charge in [-0.05, 0) is 33.6 Å². The minimum atomic E-state index is -0.644. The molecule has 1 saturated carbocycles. The first-order valence-corrected chi connectivity index (χ1v) is 7.70. The van der Waals surface area contributed by atoms with Gasteiger partial charge < -0.3 is 19.8 Å². The van der Waals surface area contributed by atoms with Crippen molar-refractivity contribution in [3.05, 3.63) is 0 Å². The quantitative estimate of drug-likeness (QED) is 0.736.